The first kappa shape index (κ1) is 14.1. The molecule has 0 aliphatic carbocycles. The van der Waals surface area contributed by atoms with Gasteiger partial charge in [-0.1, -0.05) is 0 Å². The highest BCUT2D eigenvalue weighted by Crippen LogP contribution is 2.20. The van der Waals surface area contributed by atoms with Gasteiger partial charge in [-0.2, -0.15) is 0 Å². The third-order valence-corrected chi connectivity index (χ3v) is 3.79. The van der Waals surface area contributed by atoms with Crippen LogP contribution in [0.1, 0.15) is 32.5 Å². The summed E-state index contributed by atoms with van der Waals surface area (Å²) < 4.78 is 2.18. The average Bonchev–Trinajstić information content (AvgIpc) is 2.86. The zero-order valence-corrected chi connectivity index (χ0v) is 11.9. The Labute approximate surface area is 114 Å². The van der Waals surface area contributed by atoms with Gasteiger partial charge in [-0.15, -0.1) is 0 Å². The maximum atomic E-state index is 11.9. The Morgan fingerprint density at radius 1 is 1.58 bits per heavy atom. The molecule has 0 saturated carbocycles. The van der Waals surface area contributed by atoms with Gasteiger partial charge in [-0.05, 0) is 39.2 Å². The fourth-order valence-electron chi connectivity index (χ4n) is 2.75. The molecule has 0 bridgehead atoms. The van der Waals surface area contributed by atoms with Crippen molar-refractivity contribution < 1.29 is 4.79 Å². The number of carbonyl (C=O) groups excluding carboxylic acids is 1. The second-order valence-electron chi connectivity index (χ2n) is 5.13. The van der Waals surface area contributed by atoms with Crippen LogP contribution in [0.2, 0.25) is 0 Å². The summed E-state index contributed by atoms with van der Waals surface area (Å²) in [5.74, 6) is 1.82. The molecule has 0 spiro atoms. The highest BCUT2D eigenvalue weighted by molar-refractivity contribution is 5.81. The number of hydrogen-bond acceptors (Lipinski definition) is 3. The molecule has 1 aromatic heterocycles. The number of likely N-dealkylation sites (N-methyl/N-ethyl adjacent to an activating group) is 1. The summed E-state index contributed by atoms with van der Waals surface area (Å²) in [5, 5.41) is 6.20. The predicted molar refractivity (Wildman–Crippen MR) is 74.8 cm³/mol. The zero-order valence-electron chi connectivity index (χ0n) is 11.9. The van der Waals surface area contributed by atoms with Gasteiger partial charge in [0.1, 0.15) is 5.82 Å². The van der Waals surface area contributed by atoms with Gasteiger partial charge < -0.3 is 15.2 Å². The summed E-state index contributed by atoms with van der Waals surface area (Å²) in [6.45, 7) is 6.66. The summed E-state index contributed by atoms with van der Waals surface area (Å²) in [7, 11) is 0. The van der Waals surface area contributed by atoms with Crippen LogP contribution >= 0.6 is 0 Å². The Morgan fingerprint density at radius 2 is 2.42 bits per heavy atom. The van der Waals surface area contributed by atoms with Crippen LogP contribution in [-0.2, 0) is 17.8 Å². The molecule has 1 aliphatic heterocycles. The van der Waals surface area contributed by atoms with Crippen molar-refractivity contribution in [2.24, 2.45) is 5.92 Å². The van der Waals surface area contributed by atoms with Gasteiger partial charge in [0.15, 0.2) is 0 Å². The molecule has 1 aliphatic rings. The van der Waals surface area contributed by atoms with Crippen LogP contribution in [0, 0.1) is 5.92 Å². The minimum absolute atomic E-state index is 0.0382. The smallest absolute Gasteiger partial charge is 0.237 e. The normalized spacial score (nSPS) is 23.3. The first-order valence-corrected chi connectivity index (χ1v) is 7.25. The van der Waals surface area contributed by atoms with Crippen molar-refractivity contribution in [1.82, 2.24) is 20.2 Å². The number of nitrogens with zero attached hydrogens (tertiary/aromatic N) is 2. The molecule has 2 atom stereocenters. The summed E-state index contributed by atoms with van der Waals surface area (Å²) in [4.78, 5) is 16.3. The number of amides is 1. The summed E-state index contributed by atoms with van der Waals surface area (Å²) in [6, 6.07) is -0.0382. The van der Waals surface area contributed by atoms with Crippen molar-refractivity contribution in [3.05, 3.63) is 18.2 Å². The number of nitrogens with one attached hydrogen (secondary N) is 2. The van der Waals surface area contributed by atoms with Gasteiger partial charge in [0.25, 0.3) is 0 Å². The monoisotopic (exact) mass is 264 g/mol. The molecule has 106 valence electrons. The Bertz CT molecular complexity index is 415. The molecule has 19 heavy (non-hydrogen) atoms. The summed E-state index contributed by atoms with van der Waals surface area (Å²) >= 11 is 0. The van der Waals surface area contributed by atoms with Crippen molar-refractivity contribution in [2.75, 3.05) is 13.1 Å². The van der Waals surface area contributed by atoms with Crippen molar-refractivity contribution in [3.8, 4) is 0 Å². The number of carbonyl (C=O) groups is 1. The Morgan fingerprint density at radius 3 is 3.16 bits per heavy atom. The molecule has 0 aromatic carbocycles. The molecule has 5 heteroatoms. The number of aryl methyl sites for hydroxylation is 1. The lowest BCUT2D eigenvalue weighted by molar-refractivity contribution is -0.123. The Hall–Kier alpha value is -1.36. The molecule has 5 nitrogen and oxygen atoms in total. The molecule has 2 N–H and O–H groups in total. The van der Waals surface area contributed by atoms with E-state index in [-0.39, 0.29) is 11.9 Å². The minimum Gasteiger partial charge on any atom is -0.355 e. The highest BCUT2D eigenvalue weighted by Gasteiger charge is 2.27. The van der Waals surface area contributed by atoms with Crippen molar-refractivity contribution >= 4 is 5.91 Å². The van der Waals surface area contributed by atoms with Gasteiger partial charge >= 0.3 is 0 Å². The average molecular weight is 264 g/mol. The van der Waals surface area contributed by atoms with Gasteiger partial charge in [0.2, 0.25) is 5.91 Å². The number of imidazole rings is 1. The van der Waals surface area contributed by atoms with E-state index in [0.29, 0.717) is 12.5 Å². The van der Waals surface area contributed by atoms with E-state index in [9.17, 15) is 4.79 Å². The lowest BCUT2D eigenvalue weighted by Crippen LogP contribution is -2.49. The molecule has 2 heterocycles. The fourth-order valence-corrected chi connectivity index (χ4v) is 2.75. The van der Waals surface area contributed by atoms with Crippen LogP contribution in [0.4, 0.5) is 0 Å². The number of piperidine rings is 1. The van der Waals surface area contributed by atoms with Crippen LogP contribution in [0.5, 0.6) is 0 Å². The fraction of sp³-hybridized carbons (Fsp3) is 0.714. The van der Waals surface area contributed by atoms with E-state index in [1.807, 2.05) is 19.3 Å². The van der Waals surface area contributed by atoms with E-state index in [2.05, 4.69) is 27.1 Å². The molecule has 1 amide bonds. The zero-order chi connectivity index (χ0) is 13.7. The van der Waals surface area contributed by atoms with E-state index in [4.69, 9.17) is 0 Å². The first-order valence-electron chi connectivity index (χ1n) is 7.25. The largest absolute Gasteiger partial charge is 0.355 e. The van der Waals surface area contributed by atoms with Crippen LogP contribution in [0.3, 0.4) is 0 Å². The van der Waals surface area contributed by atoms with Crippen LogP contribution in [-0.4, -0.2) is 34.6 Å². The van der Waals surface area contributed by atoms with E-state index >= 15 is 0 Å². The third kappa shape index (κ3) is 3.56. The lowest BCUT2D eigenvalue weighted by Gasteiger charge is -2.29. The van der Waals surface area contributed by atoms with Crippen molar-refractivity contribution in [1.29, 1.82) is 0 Å². The third-order valence-electron chi connectivity index (χ3n) is 3.79. The SMILES string of the molecule is CCNC(=O)C1CC(Cc2nccn2CC)CCN1. The van der Waals surface area contributed by atoms with E-state index in [1.165, 1.54) is 0 Å². The number of aromatic nitrogens is 2. The maximum Gasteiger partial charge on any atom is 0.237 e. The van der Waals surface area contributed by atoms with Gasteiger partial charge in [0, 0.05) is 31.9 Å². The van der Waals surface area contributed by atoms with Crippen LogP contribution < -0.4 is 10.6 Å². The van der Waals surface area contributed by atoms with E-state index in [1.54, 1.807) is 0 Å². The second kappa shape index (κ2) is 6.70. The second-order valence-corrected chi connectivity index (χ2v) is 5.13. The Kier molecular flexibility index (Phi) is 4.96. The molecular weight excluding hydrogens is 240 g/mol. The molecule has 2 rings (SSSR count). The van der Waals surface area contributed by atoms with Gasteiger partial charge in [-0.3, -0.25) is 4.79 Å². The molecule has 2 unspecified atom stereocenters. The molecule has 0 radical (unpaired) electrons. The Balaban J connectivity index is 1.92. The molecule has 1 saturated heterocycles. The van der Waals surface area contributed by atoms with Crippen LogP contribution in [0.15, 0.2) is 12.4 Å². The standard InChI is InChI=1S/C14H24N4O/c1-3-15-14(19)12-9-11(5-6-16-12)10-13-17-7-8-18(13)4-2/h7-8,11-12,16H,3-6,9-10H2,1-2H3,(H,15,19). The summed E-state index contributed by atoms with van der Waals surface area (Å²) in [6.07, 6.45) is 6.88. The first-order chi connectivity index (χ1) is 9.24. The summed E-state index contributed by atoms with van der Waals surface area (Å²) in [5.41, 5.74) is 0. The lowest BCUT2D eigenvalue weighted by atomic mass is 9.89. The van der Waals surface area contributed by atoms with Crippen molar-refractivity contribution in [2.45, 2.75) is 45.7 Å². The molecule has 1 aromatic rings. The predicted octanol–water partition coefficient (Wildman–Crippen LogP) is 0.950. The minimum atomic E-state index is -0.0382. The quantitative estimate of drug-likeness (QED) is 0.832. The molecule has 1 fully saturated rings. The van der Waals surface area contributed by atoms with Gasteiger partial charge in [0.05, 0.1) is 6.04 Å². The van der Waals surface area contributed by atoms with E-state index in [0.717, 1.165) is 38.2 Å². The maximum absolute atomic E-state index is 11.9. The van der Waals surface area contributed by atoms with Gasteiger partial charge in [-0.25, -0.2) is 4.98 Å². The highest BCUT2D eigenvalue weighted by atomic mass is 16.2. The molecular formula is C14H24N4O. The van der Waals surface area contributed by atoms with Crippen LogP contribution in [0.25, 0.3) is 0 Å². The number of hydrogen-bond donors (Lipinski definition) is 2. The number of rotatable bonds is 5. The topological polar surface area (TPSA) is 59.0 Å². The van der Waals surface area contributed by atoms with Crippen molar-refractivity contribution in [3.63, 3.8) is 0 Å². The van der Waals surface area contributed by atoms with E-state index < -0.39 is 0 Å².